The van der Waals surface area contributed by atoms with Crippen LogP contribution in [0.1, 0.15) is 17.5 Å². The maximum absolute atomic E-state index is 12.1. The number of benzene rings is 2. The molecule has 0 aromatic heterocycles. The van der Waals surface area contributed by atoms with E-state index in [9.17, 15) is 9.90 Å². The summed E-state index contributed by atoms with van der Waals surface area (Å²) in [4.78, 5) is 14.4. The van der Waals surface area contributed by atoms with Gasteiger partial charge in [0, 0.05) is 31.9 Å². The summed E-state index contributed by atoms with van der Waals surface area (Å²) in [5, 5.41) is 14.9. The van der Waals surface area contributed by atoms with Gasteiger partial charge < -0.3 is 20.5 Å². The Bertz CT molecular complexity index is 731. The number of carbonyl (C=O) groups excluding carboxylic acids is 1. The van der Waals surface area contributed by atoms with Crippen LogP contribution in [0.5, 0.6) is 5.75 Å². The monoisotopic (exact) mass is 369 g/mol. The highest BCUT2D eigenvalue weighted by Gasteiger charge is 2.21. The average molecular weight is 369 g/mol. The molecule has 144 valence electrons. The van der Waals surface area contributed by atoms with E-state index in [4.69, 9.17) is 4.74 Å². The van der Waals surface area contributed by atoms with Gasteiger partial charge in [0.2, 0.25) is 0 Å². The number of nitrogens with zero attached hydrogens (tertiary/aromatic N) is 1. The molecule has 1 heterocycles. The molecule has 1 fully saturated rings. The lowest BCUT2D eigenvalue weighted by molar-refractivity contribution is 0.220. The number of rotatable bonds is 7. The van der Waals surface area contributed by atoms with Gasteiger partial charge in [-0.3, -0.25) is 4.90 Å². The standard InChI is InChI=1S/C21H27N3O3/c1-27-20-8-4-16(5-9-20)12-22-21(26)23-19-6-2-17(3-7-19)13-24-11-10-18(14-24)15-25/h2-9,18,25H,10-15H2,1H3,(H2,22,23,26)/t18-/m1/s1. The molecule has 2 amide bonds. The summed E-state index contributed by atoms with van der Waals surface area (Å²) >= 11 is 0. The summed E-state index contributed by atoms with van der Waals surface area (Å²) in [6.45, 7) is 3.57. The first-order valence-corrected chi connectivity index (χ1v) is 9.26. The van der Waals surface area contributed by atoms with E-state index >= 15 is 0 Å². The van der Waals surface area contributed by atoms with Crippen LogP contribution in [0.2, 0.25) is 0 Å². The minimum atomic E-state index is -0.233. The number of urea groups is 1. The average Bonchev–Trinajstić information content (AvgIpc) is 3.16. The minimum absolute atomic E-state index is 0.233. The molecule has 6 heteroatoms. The van der Waals surface area contributed by atoms with Gasteiger partial charge in [0.25, 0.3) is 0 Å². The van der Waals surface area contributed by atoms with Crippen LogP contribution in [0.25, 0.3) is 0 Å². The van der Waals surface area contributed by atoms with E-state index < -0.39 is 0 Å². The smallest absolute Gasteiger partial charge is 0.319 e. The highest BCUT2D eigenvalue weighted by atomic mass is 16.5. The number of likely N-dealkylation sites (tertiary alicyclic amines) is 1. The van der Waals surface area contributed by atoms with Gasteiger partial charge in [0.05, 0.1) is 7.11 Å². The van der Waals surface area contributed by atoms with Crippen molar-refractivity contribution in [3.63, 3.8) is 0 Å². The predicted molar refractivity (Wildman–Crippen MR) is 106 cm³/mol. The molecule has 0 aliphatic carbocycles. The number of nitrogens with one attached hydrogen (secondary N) is 2. The molecular formula is C21H27N3O3. The second-order valence-corrected chi connectivity index (χ2v) is 6.93. The molecule has 0 spiro atoms. The first-order chi connectivity index (χ1) is 13.2. The fraction of sp³-hybridized carbons (Fsp3) is 0.381. The van der Waals surface area contributed by atoms with Crippen LogP contribution in [0.15, 0.2) is 48.5 Å². The Balaban J connectivity index is 1.44. The van der Waals surface area contributed by atoms with Crippen LogP contribution < -0.4 is 15.4 Å². The minimum Gasteiger partial charge on any atom is -0.497 e. The molecule has 3 N–H and O–H groups in total. The molecular weight excluding hydrogens is 342 g/mol. The van der Waals surface area contributed by atoms with Gasteiger partial charge in [0.1, 0.15) is 5.75 Å². The third-order valence-corrected chi connectivity index (χ3v) is 4.86. The normalized spacial score (nSPS) is 16.9. The van der Waals surface area contributed by atoms with Gasteiger partial charge >= 0.3 is 6.03 Å². The Labute approximate surface area is 160 Å². The predicted octanol–water partition coefficient (Wildman–Crippen LogP) is 2.83. The Morgan fingerprint density at radius 3 is 2.48 bits per heavy atom. The third kappa shape index (κ3) is 5.70. The number of hydrogen-bond acceptors (Lipinski definition) is 4. The van der Waals surface area contributed by atoms with Crippen LogP contribution >= 0.6 is 0 Å². The van der Waals surface area contributed by atoms with Crippen molar-refractivity contribution in [2.45, 2.75) is 19.5 Å². The van der Waals surface area contributed by atoms with E-state index in [0.29, 0.717) is 12.5 Å². The van der Waals surface area contributed by atoms with Crippen molar-refractivity contribution in [3.05, 3.63) is 59.7 Å². The number of hydrogen-bond donors (Lipinski definition) is 3. The Morgan fingerprint density at radius 2 is 1.85 bits per heavy atom. The molecule has 1 saturated heterocycles. The number of methoxy groups -OCH3 is 1. The van der Waals surface area contributed by atoms with Crippen molar-refractivity contribution in [2.24, 2.45) is 5.92 Å². The highest BCUT2D eigenvalue weighted by molar-refractivity contribution is 5.89. The fourth-order valence-corrected chi connectivity index (χ4v) is 3.26. The Hall–Kier alpha value is -2.57. The fourth-order valence-electron chi connectivity index (χ4n) is 3.26. The van der Waals surface area contributed by atoms with Crippen molar-refractivity contribution >= 4 is 11.7 Å². The number of amides is 2. The summed E-state index contributed by atoms with van der Waals surface area (Å²) in [6, 6.07) is 15.3. The Morgan fingerprint density at radius 1 is 1.15 bits per heavy atom. The van der Waals surface area contributed by atoms with Crippen molar-refractivity contribution < 1.29 is 14.6 Å². The zero-order valence-electron chi connectivity index (χ0n) is 15.6. The molecule has 2 aromatic carbocycles. The van der Waals surface area contributed by atoms with Gasteiger partial charge in [0.15, 0.2) is 0 Å². The quantitative estimate of drug-likeness (QED) is 0.702. The number of ether oxygens (including phenoxy) is 1. The van der Waals surface area contributed by atoms with E-state index in [1.54, 1.807) is 7.11 Å². The van der Waals surface area contributed by atoms with Crippen LogP contribution in [0.4, 0.5) is 10.5 Å². The van der Waals surface area contributed by atoms with Gasteiger partial charge in [-0.2, -0.15) is 0 Å². The number of anilines is 1. The van der Waals surface area contributed by atoms with E-state index in [-0.39, 0.29) is 12.6 Å². The molecule has 6 nitrogen and oxygen atoms in total. The number of aliphatic hydroxyl groups is 1. The van der Waals surface area contributed by atoms with E-state index in [1.807, 2.05) is 48.5 Å². The van der Waals surface area contributed by atoms with Crippen LogP contribution in [-0.4, -0.2) is 42.8 Å². The van der Waals surface area contributed by atoms with E-state index in [2.05, 4.69) is 15.5 Å². The van der Waals surface area contributed by atoms with Crippen molar-refractivity contribution in [2.75, 3.05) is 32.1 Å². The SMILES string of the molecule is COc1ccc(CNC(=O)Nc2ccc(CN3CC[C@@H](CO)C3)cc2)cc1. The molecule has 27 heavy (non-hydrogen) atoms. The molecule has 2 aromatic rings. The second-order valence-electron chi connectivity index (χ2n) is 6.93. The van der Waals surface area contributed by atoms with Gasteiger partial charge in [-0.15, -0.1) is 0 Å². The summed E-state index contributed by atoms with van der Waals surface area (Å²) in [5.74, 6) is 1.20. The zero-order valence-corrected chi connectivity index (χ0v) is 15.6. The molecule has 0 radical (unpaired) electrons. The molecule has 0 bridgehead atoms. The van der Waals surface area contributed by atoms with Gasteiger partial charge in [-0.25, -0.2) is 4.79 Å². The molecule has 1 aliphatic rings. The van der Waals surface area contributed by atoms with Crippen molar-refractivity contribution in [1.29, 1.82) is 0 Å². The summed E-state index contributed by atoms with van der Waals surface area (Å²) in [5.41, 5.74) is 2.98. The molecule has 1 aliphatic heterocycles. The lowest BCUT2D eigenvalue weighted by Gasteiger charge is -2.16. The van der Waals surface area contributed by atoms with E-state index in [1.165, 1.54) is 5.56 Å². The molecule has 1 atom stereocenters. The molecule has 3 rings (SSSR count). The summed E-state index contributed by atoms with van der Waals surface area (Å²) in [6.07, 6.45) is 1.06. The van der Waals surface area contributed by atoms with Crippen LogP contribution in [-0.2, 0) is 13.1 Å². The van der Waals surface area contributed by atoms with Crippen molar-refractivity contribution in [1.82, 2.24) is 10.2 Å². The molecule has 0 unspecified atom stereocenters. The second kappa shape index (κ2) is 9.39. The zero-order chi connectivity index (χ0) is 19.1. The highest BCUT2D eigenvalue weighted by Crippen LogP contribution is 2.19. The lowest BCUT2D eigenvalue weighted by Crippen LogP contribution is -2.28. The lowest BCUT2D eigenvalue weighted by atomic mass is 10.1. The summed E-state index contributed by atoms with van der Waals surface area (Å²) in [7, 11) is 1.63. The van der Waals surface area contributed by atoms with Crippen molar-refractivity contribution in [3.8, 4) is 5.75 Å². The van der Waals surface area contributed by atoms with Gasteiger partial charge in [-0.1, -0.05) is 24.3 Å². The number of aliphatic hydroxyl groups excluding tert-OH is 1. The van der Waals surface area contributed by atoms with Gasteiger partial charge in [-0.05, 0) is 54.3 Å². The maximum atomic E-state index is 12.1. The third-order valence-electron chi connectivity index (χ3n) is 4.86. The number of carbonyl (C=O) groups is 1. The summed E-state index contributed by atoms with van der Waals surface area (Å²) < 4.78 is 5.12. The van der Waals surface area contributed by atoms with Crippen LogP contribution in [0.3, 0.4) is 0 Å². The maximum Gasteiger partial charge on any atom is 0.319 e. The van der Waals surface area contributed by atoms with E-state index in [0.717, 1.165) is 43.1 Å². The largest absolute Gasteiger partial charge is 0.497 e. The first kappa shape index (κ1) is 19.2. The molecule has 0 saturated carbocycles. The first-order valence-electron chi connectivity index (χ1n) is 9.26. The van der Waals surface area contributed by atoms with Crippen LogP contribution in [0, 0.1) is 5.92 Å². The Kier molecular flexibility index (Phi) is 6.68. The topological polar surface area (TPSA) is 73.8 Å².